The molecule has 27 heavy (non-hydrogen) atoms. The van der Waals surface area contributed by atoms with Crippen LogP contribution in [0.1, 0.15) is 20.3 Å². The van der Waals surface area contributed by atoms with Gasteiger partial charge in [0.15, 0.2) is 0 Å². The summed E-state index contributed by atoms with van der Waals surface area (Å²) in [5.41, 5.74) is 1.24. The third-order valence-corrected chi connectivity index (χ3v) is 7.23. The van der Waals surface area contributed by atoms with Gasteiger partial charge in [-0.3, -0.25) is 9.69 Å². The Morgan fingerprint density at radius 2 is 1.85 bits per heavy atom. The van der Waals surface area contributed by atoms with Crippen molar-refractivity contribution in [3.8, 4) is 0 Å². The van der Waals surface area contributed by atoms with Crippen LogP contribution in [0.4, 0.5) is 5.69 Å². The maximum atomic E-state index is 12.6. The zero-order valence-corrected chi connectivity index (χ0v) is 17.7. The maximum absolute atomic E-state index is 12.6. The Morgan fingerprint density at radius 1 is 1.04 bits per heavy atom. The highest BCUT2D eigenvalue weighted by Crippen LogP contribution is 2.49. The third-order valence-electron chi connectivity index (χ3n) is 4.64. The number of hydrogen-bond donors (Lipinski definition) is 0. The SMILES string of the molecule is CCCN1C(=O)/C(=C/C=C2/Sc3c(ccc4ccccc34)N2CC)SC1=S. The second-order valence-electron chi connectivity index (χ2n) is 6.34. The summed E-state index contributed by atoms with van der Waals surface area (Å²) in [6.07, 6.45) is 4.89. The molecule has 3 nitrogen and oxygen atoms in total. The number of fused-ring (bicyclic) bond motifs is 3. The van der Waals surface area contributed by atoms with E-state index in [0.717, 1.165) is 18.0 Å². The first-order valence-corrected chi connectivity index (χ1v) is 11.1. The van der Waals surface area contributed by atoms with Crippen molar-refractivity contribution in [1.82, 2.24) is 4.90 Å². The van der Waals surface area contributed by atoms with Gasteiger partial charge < -0.3 is 4.90 Å². The van der Waals surface area contributed by atoms with Gasteiger partial charge in [-0.25, -0.2) is 0 Å². The van der Waals surface area contributed by atoms with Gasteiger partial charge in [0.25, 0.3) is 5.91 Å². The fraction of sp³-hybridized carbons (Fsp3) is 0.238. The van der Waals surface area contributed by atoms with Crippen LogP contribution in [0.15, 0.2) is 63.4 Å². The molecular weight excluding hydrogens is 392 g/mol. The van der Waals surface area contributed by atoms with Crippen molar-refractivity contribution >= 4 is 62.4 Å². The Labute approximate surface area is 173 Å². The van der Waals surface area contributed by atoms with E-state index in [0.29, 0.717) is 15.8 Å². The van der Waals surface area contributed by atoms with Crippen LogP contribution < -0.4 is 4.90 Å². The van der Waals surface area contributed by atoms with Crippen molar-refractivity contribution in [1.29, 1.82) is 0 Å². The molecule has 0 aromatic heterocycles. The number of amides is 1. The number of hydrogen-bond acceptors (Lipinski definition) is 5. The quantitative estimate of drug-likeness (QED) is 0.469. The summed E-state index contributed by atoms with van der Waals surface area (Å²) in [4.78, 5) is 18.5. The van der Waals surface area contributed by atoms with Crippen LogP contribution in [-0.4, -0.2) is 28.2 Å². The van der Waals surface area contributed by atoms with Gasteiger partial charge in [0, 0.05) is 18.0 Å². The van der Waals surface area contributed by atoms with E-state index < -0.39 is 0 Å². The summed E-state index contributed by atoms with van der Waals surface area (Å²) in [5.74, 6) is 0.0257. The van der Waals surface area contributed by atoms with Crippen LogP contribution in [0.5, 0.6) is 0 Å². The fourth-order valence-electron chi connectivity index (χ4n) is 3.36. The van der Waals surface area contributed by atoms with Gasteiger partial charge in [-0.1, -0.05) is 73.0 Å². The molecule has 2 aromatic carbocycles. The lowest BCUT2D eigenvalue weighted by Crippen LogP contribution is -2.28. The summed E-state index contributed by atoms with van der Waals surface area (Å²) in [6.45, 7) is 5.78. The standard InChI is InChI=1S/C21H20N2OS3/c1-3-13-23-20(24)17(26-21(23)25)11-12-18-22(4-2)16-10-9-14-7-5-6-8-15(14)19(16)27-18/h5-12H,3-4,13H2,1-2H3/b17-11-,18-12+. The summed E-state index contributed by atoms with van der Waals surface area (Å²) in [7, 11) is 0. The second kappa shape index (κ2) is 7.70. The van der Waals surface area contributed by atoms with E-state index >= 15 is 0 Å². The van der Waals surface area contributed by atoms with Crippen LogP contribution in [-0.2, 0) is 4.79 Å². The molecule has 6 heteroatoms. The number of rotatable bonds is 4. The van der Waals surface area contributed by atoms with Crippen molar-refractivity contribution in [2.75, 3.05) is 18.0 Å². The van der Waals surface area contributed by atoms with Crippen molar-refractivity contribution in [2.45, 2.75) is 25.2 Å². The second-order valence-corrected chi connectivity index (χ2v) is 9.05. The molecule has 1 fully saturated rings. The number of allylic oxidation sites excluding steroid dienone is 2. The molecule has 0 N–H and O–H groups in total. The normalized spacial score (nSPS) is 19.8. The van der Waals surface area contributed by atoms with Crippen LogP contribution in [0, 0.1) is 0 Å². The van der Waals surface area contributed by atoms with E-state index in [1.807, 2.05) is 6.08 Å². The number of benzene rings is 2. The topological polar surface area (TPSA) is 23.6 Å². The van der Waals surface area contributed by atoms with Gasteiger partial charge in [-0.15, -0.1) is 0 Å². The smallest absolute Gasteiger partial charge is 0.266 e. The summed E-state index contributed by atoms with van der Waals surface area (Å²) < 4.78 is 0.659. The molecule has 0 atom stereocenters. The van der Waals surface area contributed by atoms with Gasteiger partial charge in [0.2, 0.25) is 0 Å². The Morgan fingerprint density at radius 3 is 2.63 bits per heavy atom. The van der Waals surface area contributed by atoms with Crippen LogP contribution in [0.2, 0.25) is 0 Å². The van der Waals surface area contributed by atoms with Crippen LogP contribution in [0.25, 0.3) is 10.8 Å². The number of thiocarbonyl (C=S) groups is 1. The van der Waals surface area contributed by atoms with Crippen molar-refractivity contribution in [3.63, 3.8) is 0 Å². The Hall–Kier alpha value is -1.76. The molecule has 2 heterocycles. The molecule has 2 aliphatic heterocycles. The summed E-state index contributed by atoms with van der Waals surface area (Å²) in [6, 6.07) is 12.8. The summed E-state index contributed by atoms with van der Waals surface area (Å²) >= 11 is 8.52. The van der Waals surface area contributed by atoms with Gasteiger partial charge in [-0.2, -0.15) is 0 Å². The Balaban J connectivity index is 1.67. The van der Waals surface area contributed by atoms with Gasteiger partial charge in [0.1, 0.15) is 4.32 Å². The van der Waals surface area contributed by atoms with E-state index in [2.05, 4.69) is 61.2 Å². The van der Waals surface area contributed by atoms with E-state index in [1.54, 1.807) is 16.7 Å². The minimum atomic E-state index is 0.0257. The average molecular weight is 413 g/mol. The molecule has 2 aromatic rings. The predicted octanol–water partition coefficient (Wildman–Crippen LogP) is 5.77. The minimum Gasteiger partial charge on any atom is -0.335 e. The first-order chi connectivity index (χ1) is 13.1. The zero-order chi connectivity index (χ0) is 19.0. The molecule has 0 spiro atoms. The minimum absolute atomic E-state index is 0.0257. The number of nitrogens with zero attached hydrogens (tertiary/aromatic N) is 2. The predicted molar refractivity (Wildman–Crippen MR) is 121 cm³/mol. The van der Waals surface area contributed by atoms with Gasteiger partial charge >= 0.3 is 0 Å². The van der Waals surface area contributed by atoms with Crippen LogP contribution >= 0.6 is 35.7 Å². The lowest BCUT2D eigenvalue weighted by molar-refractivity contribution is -0.122. The molecule has 0 aliphatic carbocycles. The number of carbonyl (C=O) groups is 1. The molecule has 0 bridgehead atoms. The molecular formula is C21H20N2OS3. The molecule has 0 unspecified atom stereocenters. The average Bonchev–Trinajstić information content (AvgIpc) is 3.18. The molecule has 1 saturated heterocycles. The number of thioether (sulfide) groups is 2. The van der Waals surface area contributed by atoms with Crippen molar-refractivity contribution in [2.24, 2.45) is 0 Å². The first kappa shape index (κ1) is 18.6. The molecule has 0 radical (unpaired) electrons. The lowest BCUT2D eigenvalue weighted by Gasteiger charge is -2.17. The molecule has 1 amide bonds. The number of carbonyl (C=O) groups excluding carboxylic acids is 1. The fourth-order valence-corrected chi connectivity index (χ4v) is 5.87. The highest BCUT2D eigenvalue weighted by Gasteiger charge is 2.31. The number of anilines is 1. The monoisotopic (exact) mass is 412 g/mol. The molecule has 0 saturated carbocycles. The summed E-state index contributed by atoms with van der Waals surface area (Å²) in [5, 5.41) is 3.67. The molecule has 2 aliphatic rings. The van der Waals surface area contributed by atoms with Crippen LogP contribution in [0.3, 0.4) is 0 Å². The highest BCUT2D eigenvalue weighted by molar-refractivity contribution is 8.26. The van der Waals surface area contributed by atoms with E-state index in [9.17, 15) is 4.79 Å². The van der Waals surface area contributed by atoms with E-state index in [4.69, 9.17) is 12.2 Å². The van der Waals surface area contributed by atoms with Gasteiger partial charge in [-0.05, 0) is 42.3 Å². The van der Waals surface area contributed by atoms with Crippen molar-refractivity contribution in [3.05, 3.63) is 58.5 Å². The molecule has 4 rings (SSSR count). The van der Waals surface area contributed by atoms with E-state index in [1.165, 1.54) is 33.1 Å². The first-order valence-electron chi connectivity index (χ1n) is 9.06. The van der Waals surface area contributed by atoms with Gasteiger partial charge in [0.05, 0.1) is 15.6 Å². The van der Waals surface area contributed by atoms with Crippen molar-refractivity contribution < 1.29 is 4.79 Å². The Kier molecular flexibility index (Phi) is 5.30. The zero-order valence-electron chi connectivity index (χ0n) is 15.3. The molecule has 138 valence electrons. The third kappa shape index (κ3) is 3.30. The van der Waals surface area contributed by atoms with E-state index in [-0.39, 0.29) is 5.91 Å². The Bertz CT molecular complexity index is 996. The maximum Gasteiger partial charge on any atom is 0.266 e. The lowest BCUT2D eigenvalue weighted by atomic mass is 10.1. The largest absolute Gasteiger partial charge is 0.335 e. The highest BCUT2D eigenvalue weighted by atomic mass is 32.2.